The quantitative estimate of drug-likeness (QED) is 0.0314. The average Bonchev–Trinajstić information content (AvgIpc) is 4.07. The number of ether oxygens (including phenoxy) is 5. The Morgan fingerprint density at radius 2 is 1.24 bits per heavy atom. The molecule has 5 aromatic heterocycles. The Morgan fingerprint density at radius 1 is 0.699 bits per heavy atom. The lowest BCUT2D eigenvalue weighted by atomic mass is 10.0. The number of esters is 3. The van der Waals surface area contributed by atoms with Gasteiger partial charge in [-0.2, -0.15) is 0 Å². The molecule has 28 nitrogen and oxygen atoms in total. The van der Waals surface area contributed by atoms with E-state index in [2.05, 4.69) is 87.9 Å². The van der Waals surface area contributed by atoms with Gasteiger partial charge in [0.05, 0.1) is 111 Å². The Kier molecular flexibility index (Phi) is 26.8. The van der Waals surface area contributed by atoms with Crippen molar-refractivity contribution >= 4 is 86.6 Å². The van der Waals surface area contributed by atoms with Gasteiger partial charge in [0.2, 0.25) is 11.9 Å². The molecule has 1 saturated heterocycles. The maximum absolute atomic E-state index is 15.1. The number of nitro groups is 2. The number of aromatic nitrogens is 6. The smallest absolute Gasteiger partial charge is 0.403 e. The van der Waals surface area contributed by atoms with Crippen LogP contribution in [0, 0.1) is 26.0 Å². The number of rotatable bonds is 16. The lowest BCUT2D eigenvalue weighted by molar-refractivity contribution is -0.385. The summed E-state index contributed by atoms with van der Waals surface area (Å²) in [4.78, 5) is 103. The van der Waals surface area contributed by atoms with Gasteiger partial charge >= 0.3 is 23.3 Å². The van der Waals surface area contributed by atoms with Crippen molar-refractivity contribution in [2.75, 3.05) is 97.5 Å². The first-order chi connectivity index (χ1) is 39.7. The van der Waals surface area contributed by atoms with Gasteiger partial charge in [0.1, 0.15) is 29.9 Å². The van der Waals surface area contributed by atoms with Crippen LogP contribution in [0.2, 0.25) is 0 Å². The number of nitrogens with one attached hydrogen (secondary N) is 2. The number of anilines is 5. The van der Waals surface area contributed by atoms with E-state index in [9.17, 15) is 44.2 Å². The number of methoxy groups -OCH3 is 5. The minimum absolute atomic E-state index is 0.0223. The van der Waals surface area contributed by atoms with Crippen molar-refractivity contribution in [3.63, 3.8) is 0 Å². The highest BCUT2D eigenvalue weighted by Gasteiger charge is 2.30. The van der Waals surface area contributed by atoms with E-state index >= 15 is 4.39 Å². The molecule has 0 radical (unpaired) electrons. The summed E-state index contributed by atoms with van der Waals surface area (Å²) >= 11 is 4.60. The van der Waals surface area contributed by atoms with Gasteiger partial charge in [0, 0.05) is 68.3 Å². The molecule has 1 aromatic carbocycles. The summed E-state index contributed by atoms with van der Waals surface area (Å²) < 4.78 is 37.9. The number of nitrogens with two attached hydrogens (primary N) is 2. The zero-order valence-electron chi connectivity index (χ0n) is 45.9. The van der Waals surface area contributed by atoms with Gasteiger partial charge in [-0.25, -0.2) is 24.1 Å². The van der Waals surface area contributed by atoms with Crippen molar-refractivity contribution < 1.29 is 61.9 Å². The molecule has 0 saturated carbocycles. The number of amides is 1. The molecule has 0 spiro atoms. The molecule has 1 aliphatic carbocycles. The predicted octanol–water partition coefficient (Wildman–Crippen LogP) is 5.31. The fourth-order valence-electron chi connectivity index (χ4n) is 7.25. The SMILES string of the molecule is COC(=O)Cc1ccc(N)cn1.COC(=O)Cc1ccc([N+](=O)[O-])cn1.COC(=O)Cl.COC[C@H](C(=O)Nc1cccc2c1CC=C2c1nc(Nc2ccc(CC(=O)OC)nc2)ncc1F)N1CCN(C)CC1.Nc1ccc([N+](=O)[O-])cn1. The van der Waals surface area contributed by atoms with E-state index in [1.54, 1.807) is 37.6 Å². The molecule has 0 bridgehead atoms. The average molecular weight is 1170 g/mol. The first-order valence-electron chi connectivity index (χ1n) is 24.6. The molecule has 0 unspecified atom stereocenters. The largest absolute Gasteiger partial charge is 0.469 e. The molecule has 30 heteroatoms. The fraction of sp³-hybridized carbons (Fsp3) is 0.302. The van der Waals surface area contributed by atoms with Crippen molar-refractivity contribution in [3.05, 3.63) is 164 Å². The van der Waals surface area contributed by atoms with Crippen LogP contribution in [0.1, 0.15) is 33.9 Å². The number of hydrogen-bond donors (Lipinski definition) is 4. The summed E-state index contributed by atoms with van der Waals surface area (Å²) in [6.07, 6.45) is 9.11. The number of nitrogens with zero attached hydrogens (tertiary/aromatic N) is 10. The Balaban J connectivity index is 0.000000289. The van der Waals surface area contributed by atoms with Crippen molar-refractivity contribution in [1.82, 2.24) is 39.7 Å². The van der Waals surface area contributed by atoms with E-state index in [0.29, 0.717) is 52.7 Å². The molecular formula is C53H60ClFN14O14. The lowest BCUT2D eigenvalue weighted by Crippen LogP contribution is -2.54. The van der Waals surface area contributed by atoms with Crippen LogP contribution in [0.3, 0.4) is 0 Å². The minimum atomic E-state index is -0.773. The molecule has 83 heavy (non-hydrogen) atoms. The predicted molar refractivity (Wildman–Crippen MR) is 300 cm³/mol. The third-order valence-corrected chi connectivity index (χ3v) is 11.7. The van der Waals surface area contributed by atoms with Crippen LogP contribution >= 0.6 is 11.6 Å². The summed E-state index contributed by atoms with van der Waals surface area (Å²) in [6.45, 7) is 3.64. The normalized spacial score (nSPS) is 12.6. The maximum Gasteiger partial charge on any atom is 0.403 e. The highest BCUT2D eigenvalue weighted by Crippen LogP contribution is 2.37. The molecule has 2 aliphatic rings. The minimum Gasteiger partial charge on any atom is -0.469 e. The van der Waals surface area contributed by atoms with E-state index < -0.39 is 33.1 Å². The van der Waals surface area contributed by atoms with Crippen LogP contribution in [-0.4, -0.2) is 160 Å². The number of benzene rings is 1. The third-order valence-electron chi connectivity index (χ3n) is 11.6. The second kappa shape index (κ2) is 33.8. The molecule has 6 aromatic rings. The third kappa shape index (κ3) is 22.0. The Hall–Kier alpha value is -9.71. The van der Waals surface area contributed by atoms with Crippen molar-refractivity contribution in [2.45, 2.75) is 31.7 Å². The van der Waals surface area contributed by atoms with Crippen LogP contribution in [0.4, 0.5) is 49.4 Å². The number of hydrogen-bond acceptors (Lipinski definition) is 25. The van der Waals surface area contributed by atoms with Crippen LogP contribution < -0.4 is 22.1 Å². The number of fused-ring (bicyclic) bond motifs is 1. The monoisotopic (exact) mass is 1170 g/mol. The van der Waals surface area contributed by atoms with Crippen LogP contribution in [0.15, 0.2) is 104 Å². The first kappa shape index (κ1) is 65.8. The summed E-state index contributed by atoms with van der Waals surface area (Å²) in [5.41, 5.74) is 15.7. The number of halogens is 2. The van der Waals surface area contributed by atoms with Crippen LogP contribution in [0.5, 0.6) is 0 Å². The van der Waals surface area contributed by atoms with Crippen LogP contribution in [0.25, 0.3) is 5.57 Å². The Morgan fingerprint density at radius 3 is 1.71 bits per heavy atom. The summed E-state index contributed by atoms with van der Waals surface area (Å²) in [5, 5.41) is 26.4. The number of likely N-dealkylation sites (N-methyl/N-ethyl adjacent to an activating group) is 1. The second-order valence-electron chi connectivity index (χ2n) is 17.3. The number of allylic oxidation sites excluding steroid dienone is 1. The van der Waals surface area contributed by atoms with Gasteiger partial charge in [-0.05, 0) is 67.1 Å². The van der Waals surface area contributed by atoms with Crippen molar-refractivity contribution in [1.29, 1.82) is 0 Å². The van der Waals surface area contributed by atoms with Gasteiger partial charge in [0.15, 0.2) is 5.82 Å². The van der Waals surface area contributed by atoms with Gasteiger partial charge < -0.3 is 50.7 Å². The molecule has 1 aliphatic heterocycles. The number of piperazine rings is 1. The van der Waals surface area contributed by atoms with Crippen LogP contribution in [-0.2, 0) is 68.5 Å². The molecular weight excluding hydrogens is 1110 g/mol. The Labute approximate surface area is 479 Å². The lowest BCUT2D eigenvalue weighted by Gasteiger charge is -2.36. The standard InChI is InChI=1S/C30H34FN7O4.C8H8N2O4.C8H10N2O2.C5H5N3O2.C2H3ClO2/c1-37-11-13-38(14-12-37)26(18-41-2)29(40)35-25-6-4-5-21-22(25)9-10-23(21)28-24(31)17-33-30(36-28)34-20-8-7-19(32-16-20)15-27(39)42-3;1-14-8(11)4-6-2-3-7(5-9-6)10(12)13;1-12-8(11)4-7-3-2-6(9)5-10-7;6-5-2-1-4(3-7-5)8(9)10;1-5-2(3)4/h4-8,10,16-17,26H,9,11-15,18H2,1-3H3,(H,35,40)(H,33,34,36);2-3,5H,4H2,1H3;2-3,5H,4,9H2,1H3;1-3H,(H2,6,7);1H3/t26-;;;;/m1..../s1. The maximum atomic E-state index is 15.1. The van der Waals surface area contributed by atoms with Gasteiger partial charge in [-0.1, -0.05) is 18.2 Å². The second-order valence-corrected chi connectivity index (χ2v) is 17.6. The van der Waals surface area contributed by atoms with E-state index in [1.807, 2.05) is 24.3 Å². The van der Waals surface area contributed by atoms with Crippen molar-refractivity contribution in [2.24, 2.45) is 0 Å². The van der Waals surface area contributed by atoms with E-state index in [4.69, 9.17) is 16.2 Å². The molecule has 6 heterocycles. The highest BCUT2D eigenvalue weighted by atomic mass is 35.5. The molecule has 8 rings (SSSR count). The number of carbonyl (C=O) groups is 5. The molecule has 6 N–H and O–H groups in total. The highest BCUT2D eigenvalue weighted by molar-refractivity contribution is 6.61. The van der Waals surface area contributed by atoms with E-state index in [0.717, 1.165) is 55.9 Å². The number of pyridine rings is 4. The zero-order chi connectivity index (χ0) is 61.0. The van der Waals surface area contributed by atoms with Gasteiger partial charge in [-0.15, -0.1) is 0 Å². The Bertz CT molecular complexity index is 3180. The number of nitrogen functional groups attached to an aromatic ring is 2. The summed E-state index contributed by atoms with van der Waals surface area (Å²) in [5.74, 6) is -1.32. The van der Waals surface area contributed by atoms with Crippen molar-refractivity contribution in [3.8, 4) is 0 Å². The number of carbonyl (C=O) groups excluding carboxylic acids is 5. The molecule has 1 atom stereocenters. The zero-order valence-corrected chi connectivity index (χ0v) is 46.6. The fourth-order valence-corrected chi connectivity index (χ4v) is 7.25. The first-order valence-corrected chi connectivity index (χ1v) is 25.0. The summed E-state index contributed by atoms with van der Waals surface area (Å²) in [7, 11) is 8.83. The topological polar surface area (TPSA) is 378 Å². The molecule has 1 fully saturated rings. The summed E-state index contributed by atoms with van der Waals surface area (Å²) in [6, 6.07) is 17.4. The van der Waals surface area contributed by atoms with Gasteiger partial charge in [0.25, 0.3) is 11.4 Å². The molecule has 440 valence electrons. The van der Waals surface area contributed by atoms with E-state index in [-0.39, 0.29) is 65.9 Å². The molecule has 1 amide bonds. The van der Waals surface area contributed by atoms with E-state index in [1.165, 1.54) is 58.9 Å². The van der Waals surface area contributed by atoms with Gasteiger partial charge in [-0.3, -0.25) is 59.3 Å².